The summed E-state index contributed by atoms with van der Waals surface area (Å²) < 4.78 is 24.5. The van der Waals surface area contributed by atoms with Gasteiger partial charge in [0.1, 0.15) is 5.82 Å². The maximum absolute atomic E-state index is 13.1. The van der Waals surface area contributed by atoms with Crippen molar-refractivity contribution in [2.45, 2.75) is 50.4 Å². The first-order valence-corrected chi connectivity index (χ1v) is 8.46. The van der Waals surface area contributed by atoms with Crippen molar-refractivity contribution in [3.8, 4) is 0 Å². The highest BCUT2D eigenvalue weighted by molar-refractivity contribution is 6.30. The highest BCUT2D eigenvalue weighted by Gasteiger charge is 2.34. The van der Waals surface area contributed by atoms with Gasteiger partial charge in [-0.2, -0.15) is 0 Å². The number of nitrogens with one attached hydrogen (secondary N) is 1. The van der Waals surface area contributed by atoms with Crippen LogP contribution in [-0.4, -0.2) is 37.4 Å². The van der Waals surface area contributed by atoms with E-state index in [1.165, 1.54) is 6.07 Å². The van der Waals surface area contributed by atoms with Gasteiger partial charge >= 0.3 is 0 Å². The van der Waals surface area contributed by atoms with Gasteiger partial charge in [-0.15, -0.1) is 0 Å². The molecule has 3 rings (SSSR count). The maximum Gasteiger partial charge on any atom is 0.220 e. The highest BCUT2D eigenvalue weighted by atomic mass is 35.5. The van der Waals surface area contributed by atoms with E-state index in [0.717, 1.165) is 24.8 Å². The fraction of sp³-hybridized carbons (Fsp3) is 0.588. The molecule has 1 heterocycles. The van der Waals surface area contributed by atoms with Gasteiger partial charge in [0.15, 0.2) is 0 Å². The summed E-state index contributed by atoms with van der Waals surface area (Å²) in [4.78, 5) is 12.1. The van der Waals surface area contributed by atoms with Crippen molar-refractivity contribution in [1.82, 2.24) is 5.32 Å². The third-order valence-corrected chi connectivity index (χ3v) is 4.76. The Morgan fingerprint density at radius 1 is 1.26 bits per heavy atom. The van der Waals surface area contributed by atoms with E-state index in [2.05, 4.69) is 5.32 Å². The molecule has 2 aliphatic rings. The molecule has 0 spiro atoms. The van der Waals surface area contributed by atoms with Gasteiger partial charge in [0, 0.05) is 12.5 Å². The van der Waals surface area contributed by atoms with Gasteiger partial charge < -0.3 is 14.8 Å². The zero-order valence-corrected chi connectivity index (χ0v) is 13.7. The number of hydrogen-bond donors (Lipinski definition) is 1. The Labute approximate surface area is 140 Å². The highest BCUT2D eigenvalue weighted by Crippen LogP contribution is 2.27. The van der Waals surface area contributed by atoms with Crippen LogP contribution in [0, 0.1) is 5.82 Å². The summed E-state index contributed by atoms with van der Waals surface area (Å²) in [5.41, 5.74) is 0.860. The van der Waals surface area contributed by atoms with Crippen LogP contribution in [0.25, 0.3) is 0 Å². The average molecular weight is 342 g/mol. The predicted octanol–water partition coefficient (Wildman–Crippen LogP) is 2.86. The SMILES string of the molecule is O=C(CCc1ccc(F)c(Cl)c1)NC1CCC2OCCOC2C1. The summed E-state index contributed by atoms with van der Waals surface area (Å²) in [6, 6.07) is 4.70. The summed E-state index contributed by atoms with van der Waals surface area (Å²) in [5, 5.41) is 3.16. The van der Waals surface area contributed by atoms with Crippen molar-refractivity contribution in [3.63, 3.8) is 0 Å². The van der Waals surface area contributed by atoms with E-state index in [1.807, 2.05) is 0 Å². The molecule has 1 aliphatic heterocycles. The van der Waals surface area contributed by atoms with Crippen LogP contribution in [0.4, 0.5) is 4.39 Å². The Kier molecular flexibility index (Phi) is 5.51. The molecule has 1 saturated heterocycles. The van der Waals surface area contributed by atoms with Crippen LogP contribution in [0.3, 0.4) is 0 Å². The first-order chi connectivity index (χ1) is 11.1. The number of carbonyl (C=O) groups excluding carboxylic acids is 1. The summed E-state index contributed by atoms with van der Waals surface area (Å²) in [7, 11) is 0. The molecule has 1 aromatic rings. The average Bonchev–Trinajstić information content (AvgIpc) is 2.56. The van der Waals surface area contributed by atoms with Crippen LogP contribution in [0.15, 0.2) is 18.2 Å². The first-order valence-electron chi connectivity index (χ1n) is 8.08. The van der Waals surface area contributed by atoms with Crippen molar-refractivity contribution >= 4 is 17.5 Å². The molecule has 6 heteroatoms. The number of ether oxygens (including phenoxy) is 2. The number of hydrogen-bond acceptors (Lipinski definition) is 3. The Hall–Kier alpha value is -1.17. The molecule has 1 N–H and O–H groups in total. The van der Waals surface area contributed by atoms with E-state index in [0.29, 0.717) is 26.1 Å². The molecule has 3 unspecified atom stereocenters. The molecule has 0 bridgehead atoms. The minimum absolute atomic E-state index is 0.00521. The fourth-order valence-corrected chi connectivity index (χ4v) is 3.45. The van der Waals surface area contributed by atoms with Crippen LogP contribution in [0.1, 0.15) is 31.2 Å². The summed E-state index contributed by atoms with van der Waals surface area (Å²) in [5.74, 6) is -0.433. The van der Waals surface area contributed by atoms with Gasteiger partial charge in [-0.05, 0) is 43.4 Å². The lowest BCUT2D eigenvalue weighted by atomic mass is 9.89. The van der Waals surface area contributed by atoms with Gasteiger partial charge in [0.2, 0.25) is 5.91 Å². The van der Waals surface area contributed by atoms with E-state index in [-0.39, 0.29) is 29.2 Å². The lowest BCUT2D eigenvalue weighted by Gasteiger charge is -2.39. The molecule has 1 amide bonds. The van der Waals surface area contributed by atoms with E-state index < -0.39 is 5.82 Å². The van der Waals surface area contributed by atoms with Crippen LogP contribution in [0.2, 0.25) is 5.02 Å². The standard InChI is InChI=1S/C17H21ClFNO3/c18-13-9-11(1-4-14(13)19)2-6-17(21)20-12-3-5-15-16(10-12)23-8-7-22-15/h1,4,9,12,15-16H,2-3,5-8,10H2,(H,20,21). The summed E-state index contributed by atoms with van der Waals surface area (Å²) >= 11 is 5.75. The van der Waals surface area contributed by atoms with Gasteiger partial charge in [0.25, 0.3) is 0 Å². The van der Waals surface area contributed by atoms with E-state index in [1.54, 1.807) is 12.1 Å². The molecule has 3 atom stereocenters. The topological polar surface area (TPSA) is 47.6 Å². The zero-order chi connectivity index (χ0) is 16.2. The largest absolute Gasteiger partial charge is 0.373 e. The van der Waals surface area contributed by atoms with Crippen LogP contribution in [-0.2, 0) is 20.7 Å². The molecule has 126 valence electrons. The van der Waals surface area contributed by atoms with Crippen molar-refractivity contribution < 1.29 is 18.7 Å². The van der Waals surface area contributed by atoms with E-state index in [9.17, 15) is 9.18 Å². The quantitative estimate of drug-likeness (QED) is 0.916. The zero-order valence-electron chi connectivity index (χ0n) is 12.9. The molecular formula is C17H21ClFNO3. The van der Waals surface area contributed by atoms with Crippen molar-refractivity contribution in [2.75, 3.05) is 13.2 Å². The van der Waals surface area contributed by atoms with Crippen LogP contribution >= 0.6 is 11.6 Å². The van der Waals surface area contributed by atoms with Crippen molar-refractivity contribution in [2.24, 2.45) is 0 Å². The molecule has 4 nitrogen and oxygen atoms in total. The molecule has 1 saturated carbocycles. The number of benzene rings is 1. The maximum atomic E-state index is 13.1. The second kappa shape index (κ2) is 7.60. The van der Waals surface area contributed by atoms with Gasteiger partial charge in [-0.25, -0.2) is 4.39 Å². The molecule has 1 aliphatic carbocycles. The molecule has 2 fully saturated rings. The normalized spacial score (nSPS) is 27.3. The second-order valence-corrected chi connectivity index (χ2v) is 6.55. The fourth-order valence-electron chi connectivity index (χ4n) is 3.25. The third-order valence-electron chi connectivity index (χ3n) is 4.47. The third kappa shape index (κ3) is 4.43. The lowest BCUT2D eigenvalue weighted by Crippen LogP contribution is -2.49. The minimum Gasteiger partial charge on any atom is -0.373 e. The molecular weight excluding hydrogens is 321 g/mol. The Bertz CT molecular complexity index is 569. The predicted molar refractivity (Wildman–Crippen MR) is 85.0 cm³/mol. The van der Waals surface area contributed by atoms with E-state index >= 15 is 0 Å². The van der Waals surface area contributed by atoms with Gasteiger partial charge in [-0.3, -0.25) is 4.79 Å². The van der Waals surface area contributed by atoms with Crippen molar-refractivity contribution in [1.29, 1.82) is 0 Å². The van der Waals surface area contributed by atoms with Crippen molar-refractivity contribution in [3.05, 3.63) is 34.6 Å². The molecule has 0 radical (unpaired) electrons. The summed E-state index contributed by atoms with van der Waals surface area (Å²) in [6.07, 6.45) is 3.83. The smallest absolute Gasteiger partial charge is 0.220 e. The monoisotopic (exact) mass is 341 g/mol. The van der Waals surface area contributed by atoms with Gasteiger partial charge in [0.05, 0.1) is 30.4 Å². The number of carbonyl (C=O) groups is 1. The van der Waals surface area contributed by atoms with Crippen LogP contribution in [0.5, 0.6) is 0 Å². The summed E-state index contributed by atoms with van der Waals surface area (Å²) in [6.45, 7) is 1.30. The number of aryl methyl sites for hydroxylation is 1. The Morgan fingerprint density at radius 3 is 2.83 bits per heavy atom. The van der Waals surface area contributed by atoms with Crippen LogP contribution < -0.4 is 5.32 Å². The first kappa shape index (κ1) is 16.7. The lowest BCUT2D eigenvalue weighted by molar-refractivity contribution is -0.158. The Morgan fingerprint density at radius 2 is 2.04 bits per heavy atom. The molecule has 23 heavy (non-hydrogen) atoms. The van der Waals surface area contributed by atoms with E-state index in [4.69, 9.17) is 21.1 Å². The molecule has 0 aromatic heterocycles. The van der Waals surface area contributed by atoms with Gasteiger partial charge in [-0.1, -0.05) is 17.7 Å². The second-order valence-electron chi connectivity index (χ2n) is 6.14. The Balaban J connectivity index is 1.45. The minimum atomic E-state index is -0.439. The number of rotatable bonds is 4. The number of fused-ring (bicyclic) bond motifs is 1. The number of amides is 1. The molecule has 1 aromatic carbocycles. The number of halogens is 2.